The summed E-state index contributed by atoms with van der Waals surface area (Å²) in [6.45, 7) is 5.42. The number of nitrogens with zero attached hydrogens (tertiary/aromatic N) is 3. The van der Waals surface area contributed by atoms with Gasteiger partial charge in [-0.25, -0.2) is 0 Å². The van der Waals surface area contributed by atoms with Gasteiger partial charge in [0.05, 0.1) is 21.6 Å². The Labute approximate surface area is 149 Å². The highest BCUT2D eigenvalue weighted by atomic mass is 35.5. The van der Waals surface area contributed by atoms with Crippen LogP contribution < -0.4 is 10.1 Å². The van der Waals surface area contributed by atoms with E-state index in [4.69, 9.17) is 16.3 Å². The molecular formula is C18H17ClN3O3+. The highest BCUT2D eigenvalue weighted by Gasteiger charge is 2.24. The normalized spacial score (nSPS) is 11.5. The van der Waals surface area contributed by atoms with Crippen LogP contribution in [0.2, 0.25) is 5.02 Å². The minimum Gasteiger partial charge on any atom is -0.406 e. The number of carbonyl (C=O) groups excluding carboxylic acids is 1. The van der Waals surface area contributed by atoms with Gasteiger partial charge in [0.25, 0.3) is 5.56 Å². The molecule has 6 nitrogen and oxygen atoms in total. The summed E-state index contributed by atoms with van der Waals surface area (Å²) in [6.07, 6.45) is 4.16. The van der Waals surface area contributed by atoms with Crippen LogP contribution in [0.25, 0.3) is 16.6 Å². The first kappa shape index (κ1) is 17.1. The van der Waals surface area contributed by atoms with Gasteiger partial charge in [0.2, 0.25) is 0 Å². The minimum atomic E-state index is -0.571. The largest absolute Gasteiger partial charge is 0.602 e. The van der Waals surface area contributed by atoms with Crippen molar-refractivity contribution in [1.29, 1.82) is 0 Å². The van der Waals surface area contributed by atoms with E-state index in [1.54, 1.807) is 47.3 Å². The lowest BCUT2D eigenvalue weighted by molar-refractivity contribution is -0.588. The van der Waals surface area contributed by atoms with Crippen molar-refractivity contribution >= 4 is 28.6 Å². The number of pyridine rings is 1. The van der Waals surface area contributed by atoms with Gasteiger partial charge in [-0.3, -0.25) is 9.36 Å². The molecule has 0 amide bonds. The number of benzene rings is 1. The van der Waals surface area contributed by atoms with Gasteiger partial charge in [0.1, 0.15) is 11.9 Å². The fraction of sp³-hybridized carbons (Fsp3) is 0.222. The minimum absolute atomic E-state index is 0.351. The van der Waals surface area contributed by atoms with Gasteiger partial charge in [-0.1, -0.05) is 22.2 Å². The quantitative estimate of drug-likeness (QED) is 0.627. The van der Waals surface area contributed by atoms with Gasteiger partial charge in [-0.05, 0) is 32.9 Å². The predicted molar refractivity (Wildman–Crippen MR) is 94.2 cm³/mol. The first-order valence-electron chi connectivity index (χ1n) is 7.67. The average Bonchev–Trinajstić information content (AvgIpc) is 2.54. The van der Waals surface area contributed by atoms with E-state index < -0.39 is 11.7 Å². The van der Waals surface area contributed by atoms with Crippen LogP contribution >= 0.6 is 11.6 Å². The summed E-state index contributed by atoms with van der Waals surface area (Å²) >= 11 is 6.13. The number of ether oxygens (including phenoxy) is 1. The molecule has 3 aromatic rings. The fourth-order valence-corrected chi connectivity index (χ4v) is 2.63. The molecule has 0 radical (unpaired) electrons. The molecule has 0 saturated carbocycles. The summed E-state index contributed by atoms with van der Waals surface area (Å²) < 4.78 is 8.40. The molecule has 2 aromatic heterocycles. The van der Waals surface area contributed by atoms with Crippen molar-refractivity contribution in [3.63, 3.8) is 0 Å². The highest BCUT2D eigenvalue weighted by molar-refractivity contribution is 6.35. The molecule has 0 aliphatic heterocycles. The van der Waals surface area contributed by atoms with Crippen molar-refractivity contribution in [3.8, 4) is 5.69 Å². The molecule has 2 heterocycles. The molecule has 0 N–H and O–H groups in total. The number of rotatable bonds is 1. The van der Waals surface area contributed by atoms with Crippen LogP contribution in [0.3, 0.4) is 0 Å². The molecule has 1 aromatic carbocycles. The van der Waals surface area contributed by atoms with Crippen molar-refractivity contribution in [1.82, 2.24) is 9.55 Å². The molecule has 0 atom stereocenters. The first-order chi connectivity index (χ1) is 11.8. The number of fused-ring (bicyclic) bond motifs is 1. The molecule has 7 heteroatoms. The van der Waals surface area contributed by atoms with Gasteiger partial charge in [-0.2, -0.15) is 9.78 Å². The summed E-state index contributed by atoms with van der Waals surface area (Å²) in [7, 11) is 0. The van der Waals surface area contributed by atoms with Crippen molar-refractivity contribution in [2.75, 3.05) is 0 Å². The van der Waals surface area contributed by atoms with Crippen LogP contribution in [-0.2, 0) is 4.74 Å². The maximum atomic E-state index is 12.1. The lowest BCUT2D eigenvalue weighted by atomic mass is 10.2. The van der Waals surface area contributed by atoms with E-state index in [0.29, 0.717) is 15.9 Å². The Kier molecular flexibility index (Phi) is 4.30. The molecule has 0 fully saturated rings. The van der Waals surface area contributed by atoms with Crippen LogP contribution in [0.5, 0.6) is 0 Å². The molecule has 3 rings (SSSR count). The van der Waals surface area contributed by atoms with Gasteiger partial charge in [0.15, 0.2) is 12.4 Å². The number of halogens is 1. The molecule has 0 bridgehead atoms. The van der Waals surface area contributed by atoms with Crippen LogP contribution in [0.15, 0.2) is 53.8 Å². The number of aromatic nitrogens is 3. The van der Waals surface area contributed by atoms with Crippen LogP contribution in [0, 0.1) is 0 Å². The fourth-order valence-electron chi connectivity index (χ4n) is 2.38. The second-order valence-electron chi connectivity index (χ2n) is 6.50. The van der Waals surface area contributed by atoms with E-state index in [-0.39, 0.29) is 5.56 Å². The maximum Gasteiger partial charge on any atom is 0.602 e. The number of carbonyl (C=O) groups is 1. The number of hydrogen-bond acceptors (Lipinski definition) is 4. The molecule has 0 saturated heterocycles. The van der Waals surface area contributed by atoms with Crippen LogP contribution in [0.4, 0.5) is 4.79 Å². The summed E-state index contributed by atoms with van der Waals surface area (Å²) in [6, 6.07) is 8.68. The lowest BCUT2D eigenvalue weighted by Gasteiger charge is -2.15. The van der Waals surface area contributed by atoms with Crippen LogP contribution in [0.1, 0.15) is 20.8 Å². The van der Waals surface area contributed by atoms with E-state index in [2.05, 4.69) is 4.98 Å². The second kappa shape index (κ2) is 6.29. The van der Waals surface area contributed by atoms with Gasteiger partial charge < -0.3 is 4.74 Å². The standard InChI is InChI=1S/C18H17ClN3O3/c1-18(2,3)25-17(24)21-9-7-12(8-10-21)22-11-20-16(23)15-13(19)5-4-6-14(15)22/h4-11H,1-3H3/q+1. The van der Waals surface area contributed by atoms with Crippen LogP contribution in [-0.4, -0.2) is 21.2 Å². The van der Waals surface area contributed by atoms with Crippen molar-refractivity contribution < 1.29 is 14.1 Å². The van der Waals surface area contributed by atoms with Gasteiger partial charge >= 0.3 is 6.09 Å². The molecule has 0 unspecified atom stereocenters. The van der Waals surface area contributed by atoms with Gasteiger partial charge in [-0.15, -0.1) is 0 Å². The first-order valence-corrected chi connectivity index (χ1v) is 8.05. The Morgan fingerprint density at radius 1 is 1.20 bits per heavy atom. The van der Waals surface area contributed by atoms with E-state index in [0.717, 1.165) is 5.69 Å². The summed E-state index contributed by atoms with van der Waals surface area (Å²) in [4.78, 5) is 27.9. The van der Waals surface area contributed by atoms with E-state index in [1.807, 2.05) is 20.8 Å². The Balaban J connectivity index is 2.03. The third-order valence-electron chi connectivity index (χ3n) is 3.45. The van der Waals surface area contributed by atoms with E-state index in [1.165, 1.54) is 10.9 Å². The second-order valence-corrected chi connectivity index (χ2v) is 6.90. The van der Waals surface area contributed by atoms with Crippen molar-refractivity contribution in [2.45, 2.75) is 26.4 Å². The average molecular weight is 359 g/mol. The van der Waals surface area contributed by atoms with E-state index >= 15 is 0 Å². The Morgan fingerprint density at radius 2 is 1.88 bits per heavy atom. The Hall–Kier alpha value is -2.73. The predicted octanol–water partition coefficient (Wildman–Crippen LogP) is 3.11. The molecule has 25 heavy (non-hydrogen) atoms. The lowest BCUT2D eigenvalue weighted by Crippen LogP contribution is -2.46. The Bertz CT molecular complexity index is 1000. The summed E-state index contributed by atoms with van der Waals surface area (Å²) in [5.74, 6) is 0. The monoisotopic (exact) mass is 358 g/mol. The molecular weight excluding hydrogens is 342 g/mol. The third kappa shape index (κ3) is 3.53. The molecule has 0 aliphatic carbocycles. The zero-order valence-corrected chi connectivity index (χ0v) is 14.8. The van der Waals surface area contributed by atoms with E-state index in [9.17, 15) is 9.59 Å². The zero-order valence-electron chi connectivity index (χ0n) is 14.1. The third-order valence-corrected chi connectivity index (χ3v) is 3.76. The topological polar surface area (TPSA) is 65.1 Å². The van der Waals surface area contributed by atoms with Crippen molar-refractivity contribution in [2.24, 2.45) is 0 Å². The zero-order chi connectivity index (χ0) is 18.2. The molecule has 128 valence electrons. The van der Waals surface area contributed by atoms with Crippen molar-refractivity contribution in [3.05, 3.63) is 64.4 Å². The molecule has 0 aliphatic rings. The smallest absolute Gasteiger partial charge is 0.406 e. The Morgan fingerprint density at radius 3 is 2.52 bits per heavy atom. The van der Waals surface area contributed by atoms with Gasteiger partial charge in [0, 0.05) is 12.1 Å². The summed E-state index contributed by atoms with van der Waals surface area (Å²) in [5.41, 5.74) is 0.428. The maximum absolute atomic E-state index is 12.1. The molecule has 0 spiro atoms. The summed E-state index contributed by atoms with van der Waals surface area (Å²) in [5, 5.41) is 0.708. The highest BCUT2D eigenvalue weighted by Crippen LogP contribution is 2.21. The SMILES string of the molecule is CC(C)(C)OC(=O)[n+]1ccc(-n2cnc(=O)c3c(Cl)cccc32)cc1. The number of hydrogen-bond donors (Lipinski definition) is 0.